The van der Waals surface area contributed by atoms with Gasteiger partial charge in [-0.1, -0.05) is 367 Å². The molecule has 0 bridgehead atoms. The van der Waals surface area contributed by atoms with E-state index >= 15 is 0 Å². The lowest BCUT2D eigenvalue weighted by Gasteiger charge is -2.18. The third kappa shape index (κ3) is 63.1. The van der Waals surface area contributed by atoms with Gasteiger partial charge < -0.3 is 14.2 Å². The molecule has 0 aromatic heterocycles. The van der Waals surface area contributed by atoms with Crippen LogP contribution in [0.2, 0.25) is 0 Å². The predicted molar refractivity (Wildman–Crippen MR) is 326 cm³/mol. The fourth-order valence-corrected chi connectivity index (χ4v) is 10.9. The Balaban J connectivity index is 4.01. The molecular weight excluding hydrogens is 925 g/mol. The van der Waals surface area contributed by atoms with Gasteiger partial charge in [-0.3, -0.25) is 14.4 Å². The first-order chi connectivity index (χ1) is 37.0. The Morgan fingerprint density at radius 2 is 0.360 bits per heavy atom. The van der Waals surface area contributed by atoms with Crippen LogP contribution in [0.15, 0.2) is 0 Å². The fourth-order valence-electron chi connectivity index (χ4n) is 10.9. The van der Waals surface area contributed by atoms with Crippen molar-refractivity contribution in [3.63, 3.8) is 0 Å². The van der Waals surface area contributed by atoms with Gasteiger partial charge in [-0.25, -0.2) is 0 Å². The minimum absolute atomic E-state index is 0.0613. The SMILES string of the molecule is CCCCCCCCCCCCCCCCCCCCCCCCCCCC(=O)OCC(COC(=O)CCCCCCCCC)OC(=O)CCCCCCCCCCCCCCCCCCCCCCCCCCC. The zero-order valence-corrected chi connectivity index (χ0v) is 51.4. The van der Waals surface area contributed by atoms with Crippen LogP contribution in [0.4, 0.5) is 0 Å². The molecule has 0 rings (SSSR count). The van der Waals surface area contributed by atoms with Gasteiger partial charge in [0, 0.05) is 19.3 Å². The summed E-state index contributed by atoms with van der Waals surface area (Å²) in [6.45, 7) is 6.69. The van der Waals surface area contributed by atoms with Crippen LogP contribution in [0, 0.1) is 0 Å². The smallest absolute Gasteiger partial charge is 0.306 e. The van der Waals surface area contributed by atoms with Crippen molar-refractivity contribution in [1.29, 1.82) is 0 Å². The van der Waals surface area contributed by atoms with Crippen LogP contribution in [-0.4, -0.2) is 37.2 Å². The summed E-state index contributed by atoms with van der Waals surface area (Å²) in [5, 5.41) is 0. The molecule has 6 nitrogen and oxygen atoms in total. The van der Waals surface area contributed by atoms with Gasteiger partial charge in [0.25, 0.3) is 0 Å². The molecule has 0 aromatic rings. The average molecular weight is 1060 g/mol. The van der Waals surface area contributed by atoms with E-state index in [1.807, 2.05) is 0 Å². The molecule has 446 valence electrons. The largest absolute Gasteiger partial charge is 0.462 e. The third-order valence-corrected chi connectivity index (χ3v) is 16.1. The minimum atomic E-state index is -0.761. The Morgan fingerprint density at radius 3 is 0.533 bits per heavy atom. The Labute approximate surface area is 469 Å². The third-order valence-electron chi connectivity index (χ3n) is 16.1. The fraction of sp³-hybridized carbons (Fsp3) is 0.957. The number of hydrogen-bond donors (Lipinski definition) is 0. The Kier molecular flexibility index (Phi) is 63.6. The summed E-state index contributed by atoms with van der Waals surface area (Å²) in [6.07, 6.45) is 75.9. The number of carbonyl (C=O) groups is 3. The lowest BCUT2D eigenvalue weighted by molar-refractivity contribution is -0.167. The lowest BCUT2D eigenvalue weighted by atomic mass is 10.0. The first-order valence-electron chi connectivity index (χ1n) is 34.5. The second kappa shape index (κ2) is 64.9. The molecule has 1 unspecified atom stereocenters. The monoisotopic (exact) mass is 1060 g/mol. The topological polar surface area (TPSA) is 78.9 Å². The molecule has 75 heavy (non-hydrogen) atoms. The Bertz CT molecular complexity index is 1120. The Hall–Kier alpha value is -1.59. The summed E-state index contributed by atoms with van der Waals surface area (Å²) in [4.78, 5) is 38.1. The van der Waals surface area contributed by atoms with Gasteiger partial charge >= 0.3 is 17.9 Å². The molecule has 0 aliphatic carbocycles. The van der Waals surface area contributed by atoms with Crippen molar-refractivity contribution < 1.29 is 28.6 Å². The standard InChI is InChI=1S/C69H134O6/c1-4-7-10-13-16-18-20-22-24-26-28-30-32-34-36-38-40-42-44-46-48-50-53-56-59-62-68(71)74-65-66(64-73-67(70)61-58-55-52-15-12-9-6-3)75-69(72)63-60-57-54-51-49-47-45-43-41-39-37-35-33-31-29-27-25-23-21-19-17-14-11-8-5-2/h66H,4-65H2,1-3H3. The predicted octanol–water partition coefficient (Wildman–Crippen LogP) is 23.5. The van der Waals surface area contributed by atoms with Crippen LogP contribution in [0.3, 0.4) is 0 Å². The van der Waals surface area contributed by atoms with Gasteiger partial charge in [-0.05, 0) is 19.3 Å². The van der Waals surface area contributed by atoms with Crippen LogP contribution in [0.25, 0.3) is 0 Å². The Morgan fingerprint density at radius 1 is 0.213 bits per heavy atom. The average Bonchev–Trinajstić information content (AvgIpc) is 3.41. The number of carbonyl (C=O) groups excluding carboxylic acids is 3. The molecule has 0 N–H and O–H groups in total. The highest BCUT2D eigenvalue weighted by molar-refractivity contribution is 5.71. The maximum absolute atomic E-state index is 12.9. The van der Waals surface area contributed by atoms with Crippen molar-refractivity contribution in [3.8, 4) is 0 Å². The molecule has 0 fully saturated rings. The van der Waals surface area contributed by atoms with Crippen LogP contribution in [0.5, 0.6) is 0 Å². The second-order valence-electron chi connectivity index (χ2n) is 23.8. The van der Waals surface area contributed by atoms with E-state index in [9.17, 15) is 14.4 Å². The lowest BCUT2D eigenvalue weighted by Crippen LogP contribution is -2.30. The number of unbranched alkanes of at least 4 members (excludes halogenated alkanes) is 54. The molecular formula is C69H134O6. The van der Waals surface area contributed by atoms with Gasteiger partial charge in [0.15, 0.2) is 6.10 Å². The van der Waals surface area contributed by atoms with Gasteiger partial charge in [-0.15, -0.1) is 0 Å². The van der Waals surface area contributed by atoms with E-state index in [1.165, 1.54) is 308 Å². The summed E-state index contributed by atoms with van der Waals surface area (Å²) in [5.74, 6) is -0.834. The highest BCUT2D eigenvalue weighted by Gasteiger charge is 2.19. The molecule has 0 heterocycles. The van der Waals surface area contributed by atoms with Crippen molar-refractivity contribution in [1.82, 2.24) is 0 Å². The zero-order chi connectivity index (χ0) is 54.3. The molecule has 0 aromatic carbocycles. The molecule has 0 aliphatic heterocycles. The van der Waals surface area contributed by atoms with E-state index < -0.39 is 6.10 Å². The molecule has 0 saturated heterocycles. The molecule has 1 atom stereocenters. The second-order valence-corrected chi connectivity index (χ2v) is 23.8. The van der Waals surface area contributed by atoms with Crippen molar-refractivity contribution >= 4 is 17.9 Å². The minimum Gasteiger partial charge on any atom is -0.462 e. The molecule has 6 heteroatoms. The highest BCUT2D eigenvalue weighted by Crippen LogP contribution is 2.19. The summed E-state index contributed by atoms with van der Waals surface area (Å²) in [7, 11) is 0. The molecule has 0 radical (unpaired) electrons. The molecule has 0 spiro atoms. The highest BCUT2D eigenvalue weighted by atomic mass is 16.6. The van der Waals surface area contributed by atoms with Gasteiger partial charge in [0.05, 0.1) is 0 Å². The van der Waals surface area contributed by atoms with E-state index in [0.717, 1.165) is 57.8 Å². The van der Waals surface area contributed by atoms with Gasteiger partial charge in [0.2, 0.25) is 0 Å². The first kappa shape index (κ1) is 73.4. The summed E-state index contributed by atoms with van der Waals surface area (Å²) in [5.41, 5.74) is 0. The summed E-state index contributed by atoms with van der Waals surface area (Å²) in [6, 6.07) is 0. The summed E-state index contributed by atoms with van der Waals surface area (Å²) < 4.78 is 16.9. The van der Waals surface area contributed by atoms with Crippen molar-refractivity contribution in [2.75, 3.05) is 13.2 Å². The van der Waals surface area contributed by atoms with Crippen LogP contribution >= 0.6 is 0 Å². The van der Waals surface area contributed by atoms with Gasteiger partial charge in [-0.2, -0.15) is 0 Å². The van der Waals surface area contributed by atoms with E-state index in [2.05, 4.69) is 20.8 Å². The normalized spacial score (nSPS) is 11.9. The summed E-state index contributed by atoms with van der Waals surface area (Å²) >= 11 is 0. The van der Waals surface area contributed by atoms with Crippen molar-refractivity contribution in [2.45, 2.75) is 412 Å². The quantitative estimate of drug-likeness (QED) is 0.0343. The number of ether oxygens (including phenoxy) is 3. The van der Waals surface area contributed by atoms with Crippen molar-refractivity contribution in [3.05, 3.63) is 0 Å². The van der Waals surface area contributed by atoms with Crippen LogP contribution in [-0.2, 0) is 28.6 Å². The maximum atomic E-state index is 12.9. The number of hydrogen-bond acceptors (Lipinski definition) is 6. The number of rotatable bonds is 65. The van der Waals surface area contributed by atoms with E-state index in [0.29, 0.717) is 19.3 Å². The molecule has 0 saturated carbocycles. The van der Waals surface area contributed by atoms with Crippen LogP contribution in [0.1, 0.15) is 406 Å². The maximum Gasteiger partial charge on any atom is 0.306 e. The molecule has 0 amide bonds. The van der Waals surface area contributed by atoms with E-state index in [-0.39, 0.29) is 31.1 Å². The van der Waals surface area contributed by atoms with Crippen LogP contribution < -0.4 is 0 Å². The first-order valence-corrected chi connectivity index (χ1v) is 34.5. The van der Waals surface area contributed by atoms with E-state index in [1.54, 1.807) is 0 Å². The molecule has 0 aliphatic rings. The van der Waals surface area contributed by atoms with Crippen molar-refractivity contribution in [2.24, 2.45) is 0 Å². The number of esters is 3. The zero-order valence-electron chi connectivity index (χ0n) is 51.4. The van der Waals surface area contributed by atoms with E-state index in [4.69, 9.17) is 14.2 Å². The van der Waals surface area contributed by atoms with Gasteiger partial charge in [0.1, 0.15) is 13.2 Å².